The highest BCUT2D eigenvalue weighted by Gasteiger charge is 2.13. The van der Waals surface area contributed by atoms with Gasteiger partial charge in [-0.2, -0.15) is 0 Å². The lowest BCUT2D eigenvalue weighted by Crippen LogP contribution is -2.03. The molecule has 0 bridgehead atoms. The topological polar surface area (TPSA) is 87.0 Å². The van der Waals surface area contributed by atoms with E-state index in [1.165, 1.54) is 6.07 Å². The third kappa shape index (κ3) is 2.97. The number of nitro groups is 1. The molecular formula is C13H16N4O2. The van der Waals surface area contributed by atoms with Crippen molar-refractivity contribution < 1.29 is 4.92 Å². The van der Waals surface area contributed by atoms with Crippen LogP contribution in [0.1, 0.15) is 16.8 Å². The van der Waals surface area contributed by atoms with Crippen LogP contribution >= 0.6 is 0 Å². The van der Waals surface area contributed by atoms with Crippen LogP contribution in [0.3, 0.4) is 0 Å². The number of rotatable bonds is 5. The molecule has 1 aromatic heterocycles. The number of nitrogens with two attached hydrogens (primary N) is 1. The molecular weight excluding hydrogens is 244 g/mol. The Kier molecular flexibility index (Phi) is 3.91. The summed E-state index contributed by atoms with van der Waals surface area (Å²) < 4.78 is 1.91. The lowest BCUT2D eigenvalue weighted by molar-refractivity contribution is -0.385. The Labute approximate surface area is 111 Å². The molecule has 6 nitrogen and oxygen atoms in total. The van der Waals surface area contributed by atoms with E-state index in [0.29, 0.717) is 18.7 Å². The Bertz CT molecular complexity index is 592. The Morgan fingerprint density at radius 3 is 2.95 bits per heavy atom. The fourth-order valence-electron chi connectivity index (χ4n) is 2.01. The highest BCUT2D eigenvalue weighted by atomic mass is 16.6. The summed E-state index contributed by atoms with van der Waals surface area (Å²) in [4.78, 5) is 14.8. The Morgan fingerprint density at radius 1 is 1.47 bits per heavy atom. The normalized spacial score (nSPS) is 10.6. The second kappa shape index (κ2) is 5.62. The molecule has 1 heterocycles. The van der Waals surface area contributed by atoms with Gasteiger partial charge in [0.25, 0.3) is 5.69 Å². The second-order valence-corrected chi connectivity index (χ2v) is 4.39. The van der Waals surface area contributed by atoms with Gasteiger partial charge in [-0.05, 0) is 19.0 Å². The largest absolute Gasteiger partial charge is 0.333 e. The predicted molar refractivity (Wildman–Crippen MR) is 71.9 cm³/mol. The van der Waals surface area contributed by atoms with Gasteiger partial charge in [0.05, 0.1) is 16.9 Å². The van der Waals surface area contributed by atoms with Crippen molar-refractivity contribution in [2.45, 2.75) is 19.9 Å². The van der Waals surface area contributed by atoms with Gasteiger partial charge in [-0.25, -0.2) is 4.98 Å². The molecule has 0 fully saturated rings. The fraction of sp³-hybridized carbons (Fsp3) is 0.308. The number of nitrogens with zero attached hydrogens (tertiary/aromatic N) is 3. The number of imidazole rings is 1. The zero-order valence-electron chi connectivity index (χ0n) is 10.7. The quantitative estimate of drug-likeness (QED) is 0.654. The maximum absolute atomic E-state index is 10.9. The van der Waals surface area contributed by atoms with Gasteiger partial charge in [0.2, 0.25) is 0 Å². The first-order valence-corrected chi connectivity index (χ1v) is 6.05. The van der Waals surface area contributed by atoms with Crippen LogP contribution in [-0.4, -0.2) is 21.0 Å². The molecule has 0 aliphatic carbocycles. The number of hydrogen-bond donors (Lipinski definition) is 1. The zero-order chi connectivity index (χ0) is 13.8. The number of aromatic nitrogens is 2. The zero-order valence-corrected chi connectivity index (χ0v) is 10.7. The van der Waals surface area contributed by atoms with Crippen LogP contribution in [0.5, 0.6) is 0 Å². The summed E-state index contributed by atoms with van der Waals surface area (Å²) in [6.45, 7) is 2.91. The van der Waals surface area contributed by atoms with E-state index >= 15 is 0 Å². The van der Waals surface area contributed by atoms with E-state index in [1.54, 1.807) is 19.3 Å². The summed E-state index contributed by atoms with van der Waals surface area (Å²) in [5.41, 5.74) is 8.18. The number of benzene rings is 1. The van der Waals surface area contributed by atoms with E-state index in [4.69, 9.17) is 5.73 Å². The molecule has 0 unspecified atom stereocenters. The molecule has 2 aromatic rings. The summed E-state index contributed by atoms with van der Waals surface area (Å²) in [7, 11) is 0. The van der Waals surface area contributed by atoms with Crippen molar-refractivity contribution in [1.29, 1.82) is 0 Å². The summed E-state index contributed by atoms with van der Waals surface area (Å²) >= 11 is 0. The van der Waals surface area contributed by atoms with Gasteiger partial charge in [-0.1, -0.05) is 12.1 Å². The van der Waals surface area contributed by atoms with Gasteiger partial charge in [0, 0.05) is 30.8 Å². The van der Waals surface area contributed by atoms with Crippen LogP contribution in [0.2, 0.25) is 0 Å². The molecule has 2 N–H and O–H groups in total. The van der Waals surface area contributed by atoms with Crippen molar-refractivity contribution in [2.24, 2.45) is 5.73 Å². The van der Waals surface area contributed by atoms with Crippen LogP contribution in [0.15, 0.2) is 30.7 Å². The summed E-state index contributed by atoms with van der Waals surface area (Å²) in [6.07, 6.45) is 4.38. The van der Waals surface area contributed by atoms with Crippen molar-refractivity contribution in [3.05, 3.63) is 57.7 Å². The predicted octanol–water partition coefficient (Wildman–Crippen LogP) is 1.65. The average Bonchev–Trinajstić information content (AvgIpc) is 2.79. The van der Waals surface area contributed by atoms with Gasteiger partial charge in [0.15, 0.2) is 0 Å². The van der Waals surface area contributed by atoms with Crippen molar-refractivity contribution in [3.8, 4) is 0 Å². The molecule has 1 aromatic carbocycles. The first-order chi connectivity index (χ1) is 9.11. The minimum Gasteiger partial charge on any atom is -0.333 e. The maximum atomic E-state index is 10.9. The lowest BCUT2D eigenvalue weighted by Gasteiger charge is -2.06. The van der Waals surface area contributed by atoms with Gasteiger partial charge in [0.1, 0.15) is 0 Å². The SMILES string of the molecule is Cc1c(Cn2cnc(CCN)c2)cccc1[N+](=O)[O-]. The van der Waals surface area contributed by atoms with E-state index in [-0.39, 0.29) is 10.6 Å². The third-order valence-electron chi connectivity index (χ3n) is 3.05. The van der Waals surface area contributed by atoms with Crippen LogP contribution in [0, 0.1) is 17.0 Å². The van der Waals surface area contributed by atoms with Gasteiger partial charge in [-0.3, -0.25) is 10.1 Å². The molecule has 0 saturated heterocycles. The monoisotopic (exact) mass is 260 g/mol. The molecule has 0 amide bonds. The standard InChI is InChI=1S/C13H16N4O2/c1-10-11(3-2-4-13(10)17(18)19)7-16-8-12(5-6-14)15-9-16/h2-4,8-9H,5-7,14H2,1H3. The molecule has 0 saturated carbocycles. The highest BCUT2D eigenvalue weighted by molar-refractivity contribution is 5.44. The number of hydrogen-bond acceptors (Lipinski definition) is 4. The van der Waals surface area contributed by atoms with E-state index in [2.05, 4.69) is 4.98 Å². The fourth-order valence-corrected chi connectivity index (χ4v) is 2.01. The molecule has 0 aliphatic rings. The molecule has 0 atom stereocenters. The first kappa shape index (κ1) is 13.2. The van der Waals surface area contributed by atoms with E-state index in [0.717, 1.165) is 17.7 Å². The van der Waals surface area contributed by atoms with Crippen molar-refractivity contribution in [3.63, 3.8) is 0 Å². The second-order valence-electron chi connectivity index (χ2n) is 4.39. The first-order valence-electron chi connectivity index (χ1n) is 6.05. The summed E-state index contributed by atoms with van der Waals surface area (Å²) in [5, 5.41) is 10.9. The van der Waals surface area contributed by atoms with E-state index < -0.39 is 0 Å². The van der Waals surface area contributed by atoms with Crippen molar-refractivity contribution in [1.82, 2.24) is 9.55 Å². The van der Waals surface area contributed by atoms with Crippen LogP contribution in [-0.2, 0) is 13.0 Å². The molecule has 100 valence electrons. The van der Waals surface area contributed by atoms with Crippen LogP contribution < -0.4 is 5.73 Å². The minimum absolute atomic E-state index is 0.153. The molecule has 0 spiro atoms. The Balaban J connectivity index is 2.23. The van der Waals surface area contributed by atoms with Crippen LogP contribution in [0.4, 0.5) is 5.69 Å². The molecule has 2 rings (SSSR count). The summed E-state index contributed by atoms with van der Waals surface area (Å²) in [6, 6.07) is 5.12. The van der Waals surface area contributed by atoms with Crippen molar-refractivity contribution >= 4 is 5.69 Å². The molecule has 0 aliphatic heterocycles. The van der Waals surface area contributed by atoms with E-state index in [9.17, 15) is 10.1 Å². The van der Waals surface area contributed by atoms with Crippen molar-refractivity contribution in [2.75, 3.05) is 6.54 Å². The van der Waals surface area contributed by atoms with E-state index in [1.807, 2.05) is 16.8 Å². The highest BCUT2D eigenvalue weighted by Crippen LogP contribution is 2.21. The van der Waals surface area contributed by atoms with Gasteiger partial charge in [-0.15, -0.1) is 0 Å². The van der Waals surface area contributed by atoms with Gasteiger partial charge >= 0.3 is 0 Å². The Morgan fingerprint density at radius 2 is 2.26 bits per heavy atom. The minimum atomic E-state index is -0.355. The molecule has 6 heteroatoms. The van der Waals surface area contributed by atoms with Gasteiger partial charge < -0.3 is 10.3 Å². The number of nitro benzene ring substituents is 1. The van der Waals surface area contributed by atoms with Crippen LogP contribution in [0.25, 0.3) is 0 Å². The molecule has 0 radical (unpaired) electrons. The smallest absolute Gasteiger partial charge is 0.272 e. The third-order valence-corrected chi connectivity index (χ3v) is 3.05. The average molecular weight is 260 g/mol. The maximum Gasteiger partial charge on any atom is 0.272 e. The lowest BCUT2D eigenvalue weighted by atomic mass is 10.1. The molecule has 19 heavy (non-hydrogen) atoms. The summed E-state index contributed by atoms with van der Waals surface area (Å²) in [5.74, 6) is 0. The Hall–Kier alpha value is -2.21.